The molecule has 0 bridgehead atoms. The predicted molar refractivity (Wildman–Crippen MR) is 121 cm³/mol. The lowest BCUT2D eigenvalue weighted by Gasteiger charge is -2.28. The molecule has 0 spiro atoms. The summed E-state index contributed by atoms with van der Waals surface area (Å²) in [5.41, 5.74) is 1.44. The van der Waals surface area contributed by atoms with Crippen molar-refractivity contribution in [2.45, 2.75) is 18.9 Å². The van der Waals surface area contributed by atoms with Crippen molar-refractivity contribution in [2.75, 3.05) is 25.1 Å². The lowest BCUT2D eigenvalue weighted by Crippen LogP contribution is -2.52. The van der Waals surface area contributed by atoms with Crippen molar-refractivity contribution < 1.29 is 18.0 Å². The number of nitrogens with one attached hydrogen (secondary N) is 2. The fourth-order valence-corrected chi connectivity index (χ4v) is 6.04. The molecule has 2 aliphatic heterocycles. The third-order valence-corrected chi connectivity index (χ3v) is 8.18. The van der Waals surface area contributed by atoms with E-state index < -0.39 is 33.3 Å². The molecule has 1 aromatic heterocycles. The van der Waals surface area contributed by atoms with Crippen LogP contribution < -0.4 is 10.6 Å². The molecule has 0 radical (unpaired) electrons. The number of hydrogen-bond donors (Lipinski definition) is 2. The predicted octanol–water partition coefficient (Wildman–Crippen LogP) is 1.68. The summed E-state index contributed by atoms with van der Waals surface area (Å²) in [5, 5.41) is 5.56. The van der Waals surface area contributed by atoms with Crippen LogP contribution in [0.2, 0.25) is 0 Å². The van der Waals surface area contributed by atoms with E-state index in [2.05, 4.69) is 26.4 Å². The quantitative estimate of drug-likeness (QED) is 0.536. The van der Waals surface area contributed by atoms with Crippen molar-refractivity contribution in [2.24, 2.45) is 0 Å². The summed E-state index contributed by atoms with van der Waals surface area (Å²) in [6.07, 6.45) is 6.31. The summed E-state index contributed by atoms with van der Waals surface area (Å²) in [5.74, 6) is 5.27. The van der Waals surface area contributed by atoms with Gasteiger partial charge >= 0.3 is 6.03 Å². The standard InChI is InChI=1S/C21H22N4O4S2/c1-21(19(26)22-20(27)23-21)14-31(28,29)24-11-8-15(9-12-24)6-7-16-4-3-5-18-17(16)10-13-25(18)30-2/h3-5,8,10,13H,9,11-12,14H2,1-2H3,(H2,22,23,26,27)/t21-/m1/s1. The van der Waals surface area contributed by atoms with Gasteiger partial charge in [-0.15, -0.1) is 0 Å². The summed E-state index contributed by atoms with van der Waals surface area (Å²) in [4.78, 5) is 23.3. The Balaban J connectivity index is 1.48. The highest BCUT2D eigenvalue weighted by molar-refractivity contribution is 7.97. The first kappa shape index (κ1) is 21.5. The Morgan fingerprint density at radius 2 is 2.03 bits per heavy atom. The summed E-state index contributed by atoms with van der Waals surface area (Å²) < 4.78 is 29.0. The largest absolute Gasteiger partial charge is 0.322 e. The summed E-state index contributed by atoms with van der Waals surface area (Å²) in [6, 6.07) is 7.36. The van der Waals surface area contributed by atoms with E-state index in [4.69, 9.17) is 0 Å². The van der Waals surface area contributed by atoms with E-state index in [0.717, 1.165) is 22.0 Å². The minimum Gasteiger partial charge on any atom is -0.322 e. The number of carbonyl (C=O) groups excluding carboxylic acids is 2. The van der Waals surface area contributed by atoms with E-state index in [0.29, 0.717) is 6.42 Å². The Morgan fingerprint density at radius 1 is 1.23 bits per heavy atom. The number of aromatic nitrogens is 1. The highest BCUT2D eigenvalue weighted by Crippen LogP contribution is 2.23. The van der Waals surface area contributed by atoms with Crippen LogP contribution in [-0.2, 0) is 14.8 Å². The van der Waals surface area contributed by atoms with Crippen LogP contribution in [0.4, 0.5) is 4.79 Å². The van der Waals surface area contributed by atoms with Crippen LogP contribution in [0.5, 0.6) is 0 Å². The number of imide groups is 1. The minimum absolute atomic E-state index is 0.186. The van der Waals surface area contributed by atoms with Gasteiger partial charge < -0.3 is 5.32 Å². The van der Waals surface area contributed by atoms with Gasteiger partial charge in [0.2, 0.25) is 10.0 Å². The van der Waals surface area contributed by atoms with E-state index in [9.17, 15) is 18.0 Å². The second-order valence-corrected chi connectivity index (χ2v) is 10.4. The van der Waals surface area contributed by atoms with Crippen LogP contribution in [0.1, 0.15) is 18.9 Å². The Labute approximate surface area is 185 Å². The number of benzene rings is 1. The smallest absolute Gasteiger partial charge is 0.322 e. The average molecular weight is 459 g/mol. The molecule has 3 heterocycles. The lowest BCUT2D eigenvalue weighted by molar-refractivity contribution is -0.122. The van der Waals surface area contributed by atoms with E-state index >= 15 is 0 Å². The van der Waals surface area contributed by atoms with Crippen LogP contribution in [-0.4, -0.2) is 59.3 Å². The maximum Gasteiger partial charge on any atom is 0.322 e. The fraction of sp³-hybridized carbons (Fsp3) is 0.333. The number of carbonyl (C=O) groups is 2. The van der Waals surface area contributed by atoms with Gasteiger partial charge in [0.1, 0.15) is 5.54 Å². The second kappa shape index (κ2) is 8.07. The Bertz CT molecular complexity index is 1270. The van der Waals surface area contributed by atoms with Crippen LogP contribution in [0.25, 0.3) is 10.9 Å². The molecule has 4 rings (SSSR count). The van der Waals surface area contributed by atoms with E-state index in [1.54, 1.807) is 18.0 Å². The average Bonchev–Trinajstić information content (AvgIpc) is 3.26. The normalized spacial score (nSPS) is 21.9. The number of urea groups is 1. The molecule has 2 N–H and O–H groups in total. The molecule has 1 fully saturated rings. The highest BCUT2D eigenvalue weighted by Gasteiger charge is 2.46. The van der Waals surface area contributed by atoms with Crippen molar-refractivity contribution in [1.29, 1.82) is 0 Å². The third kappa shape index (κ3) is 4.21. The summed E-state index contributed by atoms with van der Waals surface area (Å²) >= 11 is 1.62. The van der Waals surface area contributed by atoms with Crippen molar-refractivity contribution in [1.82, 2.24) is 18.9 Å². The first-order chi connectivity index (χ1) is 14.7. The van der Waals surface area contributed by atoms with Crippen molar-refractivity contribution in [3.63, 3.8) is 0 Å². The van der Waals surface area contributed by atoms with Gasteiger partial charge in [-0.3, -0.25) is 14.1 Å². The van der Waals surface area contributed by atoms with Crippen molar-refractivity contribution in [3.05, 3.63) is 47.7 Å². The highest BCUT2D eigenvalue weighted by atomic mass is 32.2. The zero-order valence-electron chi connectivity index (χ0n) is 17.1. The number of amides is 3. The molecule has 2 aromatic rings. The van der Waals surface area contributed by atoms with Crippen LogP contribution >= 0.6 is 11.9 Å². The molecule has 162 valence electrons. The van der Waals surface area contributed by atoms with Gasteiger partial charge in [0.25, 0.3) is 5.91 Å². The number of rotatable bonds is 4. The lowest BCUT2D eigenvalue weighted by atomic mass is 10.1. The molecule has 0 aliphatic carbocycles. The molecular formula is C21H22N4O4S2. The van der Waals surface area contributed by atoms with Crippen LogP contribution in [0.3, 0.4) is 0 Å². The van der Waals surface area contributed by atoms with Gasteiger partial charge in [0, 0.05) is 42.1 Å². The van der Waals surface area contributed by atoms with Crippen molar-refractivity contribution in [3.8, 4) is 11.8 Å². The molecule has 0 unspecified atom stereocenters. The monoisotopic (exact) mass is 458 g/mol. The topological polar surface area (TPSA) is 101 Å². The van der Waals surface area contributed by atoms with E-state index in [-0.39, 0.29) is 13.1 Å². The second-order valence-electron chi connectivity index (χ2n) is 7.65. The van der Waals surface area contributed by atoms with E-state index in [1.807, 2.05) is 36.7 Å². The van der Waals surface area contributed by atoms with Gasteiger partial charge in [-0.25, -0.2) is 13.2 Å². The Hall–Kier alpha value is -2.74. The van der Waals surface area contributed by atoms with Crippen molar-refractivity contribution >= 4 is 44.8 Å². The number of hydrogen-bond acceptors (Lipinski definition) is 5. The van der Waals surface area contributed by atoms with Crippen LogP contribution in [0, 0.1) is 11.8 Å². The van der Waals surface area contributed by atoms with Gasteiger partial charge in [-0.05, 0) is 43.5 Å². The fourth-order valence-electron chi connectivity index (χ4n) is 3.71. The molecule has 1 saturated heterocycles. The molecule has 3 amide bonds. The molecule has 8 nitrogen and oxygen atoms in total. The van der Waals surface area contributed by atoms with Gasteiger partial charge in [-0.2, -0.15) is 4.31 Å². The number of fused-ring (bicyclic) bond motifs is 1. The maximum atomic E-state index is 12.8. The third-order valence-electron chi connectivity index (χ3n) is 5.41. The first-order valence-corrected chi connectivity index (χ1v) is 12.5. The zero-order chi connectivity index (χ0) is 22.2. The Kier molecular flexibility index (Phi) is 5.60. The Morgan fingerprint density at radius 3 is 2.68 bits per heavy atom. The summed E-state index contributed by atoms with van der Waals surface area (Å²) in [7, 11) is -3.74. The summed E-state index contributed by atoms with van der Waals surface area (Å²) in [6.45, 7) is 1.87. The minimum atomic E-state index is -3.74. The van der Waals surface area contributed by atoms with Gasteiger partial charge in [-0.1, -0.05) is 24.0 Å². The first-order valence-electron chi connectivity index (χ1n) is 9.69. The maximum absolute atomic E-state index is 12.8. The molecular weight excluding hydrogens is 436 g/mol. The molecule has 0 saturated carbocycles. The SMILES string of the molecule is CSn1ccc2c(C#CC3=CCN(S(=O)(=O)C[C@@]4(C)NC(=O)NC4=O)CC3)cccc21. The number of nitrogens with zero attached hydrogens (tertiary/aromatic N) is 2. The zero-order valence-corrected chi connectivity index (χ0v) is 18.8. The molecule has 1 atom stereocenters. The molecule has 31 heavy (non-hydrogen) atoms. The van der Waals surface area contributed by atoms with Gasteiger partial charge in [0.15, 0.2) is 0 Å². The molecule has 10 heteroatoms. The van der Waals surface area contributed by atoms with E-state index in [1.165, 1.54) is 11.2 Å². The van der Waals surface area contributed by atoms with Gasteiger partial charge in [0.05, 0.1) is 11.3 Å². The van der Waals surface area contributed by atoms with Crippen LogP contribution in [0.15, 0.2) is 42.1 Å². The molecule has 2 aliphatic rings. The number of sulfonamides is 1. The molecule has 1 aromatic carbocycles.